The Labute approximate surface area is 119 Å². The van der Waals surface area contributed by atoms with Crippen molar-refractivity contribution in [3.8, 4) is 11.3 Å². The van der Waals surface area contributed by atoms with E-state index < -0.39 is 11.7 Å². The van der Waals surface area contributed by atoms with Gasteiger partial charge in [0.2, 0.25) is 0 Å². The van der Waals surface area contributed by atoms with Gasteiger partial charge in [-0.15, -0.1) is 0 Å². The summed E-state index contributed by atoms with van der Waals surface area (Å²) in [5.74, 6) is 0.283. The Morgan fingerprint density at radius 2 is 1.95 bits per heavy atom. The number of aldehydes is 1. The maximum Gasteiger partial charge on any atom is 0.416 e. The molecule has 1 aromatic heterocycles. The molecule has 0 fully saturated rings. The molecule has 19 heavy (non-hydrogen) atoms. The van der Waals surface area contributed by atoms with Crippen LogP contribution in [0.3, 0.4) is 0 Å². The van der Waals surface area contributed by atoms with Crippen LogP contribution in [-0.4, -0.2) is 6.29 Å². The van der Waals surface area contributed by atoms with Crippen molar-refractivity contribution in [2.75, 3.05) is 0 Å². The summed E-state index contributed by atoms with van der Waals surface area (Å²) < 4.78 is 43.1. The lowest BCUT2D eigenvalue weighted by molar-refractivity contribution is -0.137. The van der Waals surface area contributed by atoms with Gasteiger partial charge >= 0.3 is 6.18 Å². The number of carbonyl (C=O) groups is 1. The molecule has 100 valence electrons. The first kappa shape index (κ1) is 14.1. The second kappa shape index (κ2) is 5.02. The first-order chi connectivity index (χ1) is 8.82. The van der Waals surface area contributed by atoms with Crippen LogP contribution < -0.4 is 0 Å². The predicted molar refractivity (Wildman–Crippen MR) is 67.2 cm³/mol. The zero-order chi connectivity index (χ0) is 14.2. The predicted octanol–water partition coefficient (Wildman–Crippen LogP) is 5.19. The van der Waals surface area contributed by atoms with Crippen LogP contribution in [0.4, 0.5) is 13.2 Å². The van der Waals surface area contributed by atoms with Crippen molar-refractivity contribution >= 4 is 33.8 Å². The number of halogens is 5. The van der Waals surface area contributed by atoms with Crippen LogP contribution in [0.15, 0.2) is 33.2 Å². The fourth-order valence-electron chi connectivity index (χ4n) is 1.52. The molecule has 7 heteroatoms. The average molecular weight is 354 g/mol. The van der Waals surface area contributed by atoms with Crippen molar-refractivity contribution in [2.45, 2.75) is 6.18 Å². The first-order valence-electron chi connectivity index (χ1n) is 4.94. The van der Waals surface area contributed by atoms with Crippen molar-refractivity contribution < 1.29 is 22.4 Å². The zero-order valence-corrected chi connectivity index (χ0v) is 11.4. The minimum Gasteiger partial charge on any atom is -0.453 e. The first-order valence-corrected chi connectivity index (χ1v) is 6.11. The van der Waals surface area contributed by atoms with E-state index in [0.717, 1.165) is 12.1 Å². The van der Waals surface area contributed by atoms with Gasteiger partial charge in [0.25, 0.3) is 0 Å². The summed E-state index contributed by atoms with van der Waals surface area (Å²) in [6, 6.07) is 4.58. The summed E-state index contributed by atoms with van der Waals surface area (Å²) in [7, 11) is 0. The summed E-state index contributed by atoms with van der Waals surface area (Å²) in [5.41, 5.74) is -0.599. The number of furan rings is 1. The van der Waals surface area contributed by atoms with E-state index in [0.29, 0.717) is 6.29 Å². The van der Waals surface area contributed by atoms with Gasteiger partial charge in [0.15, 0.2) is 12.0 Å². The summed E-state index contributed by atoms with van der Waals surface area (Å²) in [4.78, 5) is 10.5. The molecule has 0 amide bonds. The molecule has 0 unspecified atom stereocenters. The maximum absolute atomic E-state index is 12.6. The summed E-state index contributed by atoms with van der Waals surface area (Å²) in [6.07, 6.45) is -3.99. The third-order valence-electron chi connectivity index (χ3n) is 2.36. The SMILES string of the molecule is O=Cc1ccc(-c2c(Cl)cc(C(F)(F)F)cc2Br)o1. The summed E-state index contributed by atoms with van der Waals surface area (Å²) in [6.45, 7) is 0. The van der Waals surface area contributed by atoms with E-state index in [1.54, 1.807) is 0 Å². The fourth-order valence-corrected chi connectivity index (χ4v) is 2.60. The normalized spacial score (nSPS) is 11.6. The highest BCUT2D eigenvalue weighted by Crippen LogP contribution is 2.40. The van der Waals surface area contributed by atoms with Gasteiger partial charge in [-0.1, -0.05) is 11.6 Å². The molecule has 0 saturated carbocycles. The average Bonchev–Trinajstić information content (AvgIpc) is 2.75. The Hall–Kier alpha value is -1.27. The lowest BCUT2D eigenvalue weighted by Crippen LogP contribution is -2.05. The van der Waals surface area contributed by atoms with Crippen molar-refractivity contribution in [3.05, 3.63) is 45.1 Å². The number of hydrogen-bond acceptors (Lipinski definition) is 2. The topological polar surface area (TPSA) is 30.2 Å². The van der Waals surface area contributed by atoms with Crippen molar-refractivity contribution in [2.24, 2.45) is 0 Å². The summed E-state index contributed by atoms with van der Waals surface area (Å²) in [5, 5.41) is -0.117. The van der Waals surface area contributed by atoms with Crippen LogP contribution in [0.1, 0.15) is 16.1 Å². The van der Waals surface area contributed by atoms with E-state index in [2.05, 4.69) is 15.9 Å². The van der Waals surface area contributed by atoms with Gasteiger partial charge in [-0.25, -0.2) is 0 Å². The van der Waals surface area contributed by atoms with Crippen LogP contribution >= 0.6 is 27.5 Å². The van der Waals surface area contributed by atoms with Gasteiger partial charge < -0.3 is 4.42 Å². The number of rotatable bonds is 2. The van der Waals surface area contributed by atoms with Gasteiger partial charge in [-0.05, 0) is 40.2 Å². The molecule has 2 aromatic rings. The Kier molecular flexibility index (Phi) is 3.73. The fraction of sp³-hybridized carbons (Fsp3) is 0.0833. The molecule has 0 atom stereocenters. The molecule has 0 aliphatic rings. The maximum atomic E-state index is 12.6. The van der Waals surface area contributed by atoms with E-state index in [-0.39, 0.29) is 26.6 Å². The molecule has 2 rings (SSSR count). The Morgan fingerprint density at radius 1 is 1.26 bits per heavy atom. The third kappa shape index (κ3) is 2.84. The highest BCUT2D eigenvalue weighted by atomic mass is 79.9. The standard InChI is InChI=1S/C12H5BrClF3O2/c13-8-3-6(12(15,16)17)4-9(14)11(8)10-2-1-7(5-18)19-10/h1-5H. The van der Waals surface area contributed by atoms with Crippen molar-refractivity contribution in [1.82, 2.24) is 0 Å². The number of hydrogen-bond donors (Lipinski definition) is 0. The third-order valence-corrected chi connectivity index (χ3v) is 3.28. The van der Waals surface area contributed by atoms with E-state index in [4.69, 9.17) is 16.0 Å². The van der Waals surface area contributed by atoms with Crippen LogP contribution in [0.25, 0.3) is 11.3 Å². The van der Waals surface area contributed by atoms with Gasteiger partial charge in [-0.3, -0.25) is 4.79 Å². The second-order valence-electron chi connectivity index (χ2n) is 3.63. The number of benzene rings is 1. The molecule has 0 aliphatic heterocycles. The van der Waals surface area contributed by atoms with Crippen LogP contribution in [0.2, 0.25) is 5.02 Å². The minimum atomic E-state index is -4.48. The smallest absolute Gasteiger partial charge is 0.416 e. The Bertz CT molecular complexity index is 611. The highest BCUT2D eigenvalue weighted by molar-refractivity contribution is 9.10. The second-order valence-corrected chi connectivity index (χ2v) is 4.89. The molecule has 0 bridgehead atoms. The minimum absolute atomic E-state index is 0.0675. The van der Waals surface area contributed by atoms with Gasteiger partial charge in [-0.2, -0.15) is 13.2 Å². The van der Waals surface area contributed by atoms with E-state index in [9.17, 15) is 18.0 Å². The lowest BCUT2D eigenvalue weighted by Gasteiger charge is -2.11. The molecule has 0 saturated heterocycles. The zero-order valence-electron chi connectivity index (χ0n) is 9.09. The van der Waals surface area contributed by atoms with Gasteiger partial charge in [0.05, 0.1) is 16.1 Å². The number of alkyl halides is 3. The quantitative estimate of drug-likeness (QED) is 0.695. The van der Waals surface area contributed by atoms with Crippen molar-refractivity contribution in [3.63, 3.8) is 0 Å². The molecule has 0 radical (unpaired) electrons. The van der Waals surface area contributed by atoms with Gasteiger partial charge in [0.1, 0.15) is 5.76 Å². The molecule has 0 aliphatic carbocycles. The van der Waals surface area contributed by atoms with Crippen LogP contribution in [0.5, 0.6) is 0 Å². The molecular weight excluding hydrogens is 348 g/mol. The molecule has 1 heterocycles. The largest absolute Gasteiger partial charge is 0.453 e. The van der Waals surface area contributed by atoms with E-state index >= 15 is 0 Å². The molecule has 1 aromatic carbocycles. The highest BCUT2D eigenvalue weighted by Gasteiger charge is 2.32. The monoisotopic (exact) mass is 352 g/mol. The molecule has 0 spiro atoms. The lowest BCUT2D eigenvalue weighted by atomic mass is 10.1. The van der Waals surface area contributed by atoms with Crippen LogP contribution in [0, 0.1) is 0 Å². The molecule has 2 nitrogen and oxygen atoms in total. The van der Waals surface area contributed by atoms with E-state index in [1.165, 1.54) is 12.1 Å². The van der Waals surface area contributed by atoms with Gasteiger partial charge in [0, 0.05) is 4.47 Å². The Morgan fingerprint density at radius 3 is 2.42 bits per heavy atom. The molecular formula is C12H5BrClF3O2. The van der Waals surface area contributed by atoms with E-state index in [1.807, 2.05) is 0 Å². The number of carbonyl (C=O) groups excluding carboxylic acids is 1. The van der Waals surface area contributed by atoms with Crippen LogP contribution in [-0.2, 0) is 6.18 Å². The van der Waals surface area contributed by atoms with Crippen molar-refractivity contribution in [1.29, 1.82) is 0 Å². The summed E-state index contributed by atoms with van der Waals surface area (Å²) >= 11 is 8.87. The Balaban J connectivity index is 2.56. The molecule has 0 N–H and O–H groups in total.